The summed E-state index contributed by atoms with van der Waals surface area (Å²) in [7, 11) is 0. The first-order chi connectivity index (χ1) is 13.1. The van der Waals surface area contributed by atoms with Crippen LogP contribution in [0.5, 0.6) is 0 Å². The van der Waals surface area contributed by atoms with Crippen LogP contribution in [0.3, 0.4) is 0 Å². The van der Waals surface area contributed by atoms with Crippen molar-refractivity contribution in [3.05, 3.63) is 87.2 Å². The Morgan fingerprint density at radius 2 is 2.11 bits per heavy atom. The molecular weight excluding hydrogens is 343 g/mol. The number of halogens is 1. The van der Waals surface area contributed by atoms with Gasteiger partial charge in [-0.2, -0.15) is 0 Å². The SMILES string of the molecule is O=c1[nH]c2cc(F)c(C3(CC4=Cc5ccccc5CC4)C=CC=N3)cc2o1. The fraction of sp³-hybridized carbons (Fsp3) is 0.182. The van der Waals surface area contributed by atoms with Crippen LogP contribution in [0, 0.1) is 5.82 Å². The Morgan fingerprint density at radius 3 is 2.96 bits per heavy atom. The van der Waals surface area contributed by atoms with Crippen molar-refractivity contribution in [1.29, 1.82) is 0 Å². The van der Waals surface area contributed by atoms with Crippen LogP contribution in [0.15, 0.2) is 68.3 Å². The lowest BCUT2D eigenvalue weighted by Crippen LogP contribution is -2.22. The maximum atomic E-state index is 14.9. The number of rotatable bonds is 3. The Kier molecular flexibility index (Phi) is 3.50. The number of benzene rings is 2. The van der Waals surface area contributed by atoms with Crippen LogP contribution in [0.25, 0.3) is 17.2 Å². The van der Waals surface area contributed by atoms with Gasteiger partial charge >= 0.3 is 5.76 Å². The molecule has 0 fully saturated rings. The summed E-state index contributed by atoms with van der Waals surface area (Å²) in [5.74, 6) is -0.993. The second-order valence-corrected chi connectivity index (χ2v) is 7.08. The lowest BCUT2D eigenvalue weighted by atomic mass is 9.80. The van der Waals surface area contributed by atoms with E-state index in [1.807, 2.05) is 18.2 Å². The molecule has 1 aromatic heterocycles. The first kappa shape index (κ1) is 16.0. The van der Waals surface area contributed by atoms with E-state index in [-0.39, 0.29) is 0 Å². The van der Waals surface area contributed by atoms with Gasteiger partial charge in [0.25, 0.3) is 0 Å². The van der Waals surface area contributed by atoms with Gasteiger partial charge in [-0.25, -0.2) is 9.18 Å². The number of nitrogens with one attached hydrogen (secondary N) is 1. The Labute approximate surface area is 154 Å². The van der Waals surface area contributed by atoms with Gasteiger partial charge in [0, 0.05) is 24.3 Å². The van der Waals surface area contributed by atoms with Gasteiger partial charge < -0.3 is 4.42 Å². The summed E-state index contributed by atoms with van der Waals surface area (Å²) in [4.78, 5) is 18.6. The highest BCUT2D eigenvalue weighted by molar-refractivity contribution is 5.78. The molecule has 5 heteroatoms. The second-order valence-electron chi connectivity index (χ2n) is 7.08. The molecule has 27 heavy (non-hydrogen) atoms. The smallest absolute Gasteiger partial charge is 0.408 e. The number of aryl methyl sites for hydroxylation is 1. The van der Waals surface area contributed by atoms with E-state index in [4.69, 9.17) is 4.42 Å². The van der Waals surface area contributed by atoms with Crippen molar-refractivity contribution in [2.45, 2.75) is 24.8 Å². The van der Waals surface area contributed by atoms with Crippen molar-refractivity contribution in [3.63, 3.8) is 0 Å². The molecule has 0 spiro atoms. The molecule has 1 unspecified atom stereocenters. The van der Waals surface area contributed by atoms with E-state index < -0.39 is 17.1 Å². The standard InChI is InChI=1S/C22H17FN2O2/c23-18-12-19-20(27-21(26)25-19)11-17(18)22(8-3-9-24-22)13-14-6-7-15-4-1-2-5-16(15)10-14/h1-5,8-12H,6-7,13H2,(H,25,26). The number of oxazole rings is 1. The van der Waals surface area contributed by atoms with Crippen LogP contribution in [0.1, 0.15) is 29.5 Å². The molecule has 1 N–H and O–H groups in total. The number of aromatic nitrogens is 1. The Bertz CT molecular complexity index is 1180. The second kappa shape index (κ2) is 5.91. The van der Waals surface area contributed by atoms with Gasteiger partial charge in [-0.15, -0.1) is 0 Å². The third kappa shape index (κ3) is 2.67. The molecule has 0 saturated carbocycles. The summed E-state index contributed by atoms with van der Waals surface area (Å²) in [6, 6.07) is 11.2. The van der Waals surface area contributed by atoms with Gasteiger partial charge in [-0.05, 0) is 36.1 Å². The number of aliphatic imine (C=N–C) groups is 1. The van der Waals surface area contributed by atoms with E-state index in [1.165, 1.54) is 22.8 Å². The summed E-state index contributed by atoms with van der Waals surface area (Å²) >= 11 is 0. The predicted octanol–water partition coefficient (Wildman–Crippen LogP) is 4.52. The molecule has 1 aliphatic carbocycles. The van der Waals surface area contributed by atoms with E-state index in [2.05, 4.69) is 34.3 Å². The van der Waals surface area contributed by atoms with E-state index in [1.54, 1.807) is 12.3 Å². The van der Waals surface area contributed by atoms with Crippen molar-refractivity contribution < 1.29 is 8.81 Å². The first-order valence-electron chi connectivity index (χ1n) is 8.96. The van der Waals surface area contributed by atoms with Crippen LogP contribution in [-0.2, 0) is 12.0 Å². The minimum absolute atomic E-state index is 0.342. The molecule has 1 atom stereocenters. The highest BCUT2D eigenvalue weighted by Crippen LogP contribution is 2.41. The number of nitrogens with zero attached hydrogens (tertiary/aromatic N) is 1. The van der Waals surface area contributed by atoms with Gasteiger partial charge in [-0.3, -0.25) is 9.98 Å². The first-order valence-corrected chi connectivity index (χ1v) is 8.96. The number of aromatic amines is 1. The Balaban J connectivity index is 1.59. The van der Waals surface area contributed by atoms with E-state index >= 15 is 0 Å². The van der Waals surface area contributed by atoms with Crippen LogP contribution < -0.4 is 5.76 Å². The molecule has 4 nitrogen and oxygen atoms in total. The largest absolute Gasteiger partial charge is 0.417 e. The van der Waals surface area contributed by atoms with Crippen molar-refractivity contribution in [3.8, 4) is 0 Å². The van der Waals surface area contributed by atoms with Crippen molar-refractivity contribution in [1.82, 2.24) is 4.98 Å². The Morgan fingerprint density at radius 1 is 1.22 bits per heavy atom. The topological polar surface area (TPSA) is 58.4 Å². The molecule has 5 rings (SSSR count). The van der Waals surface area contributed by atoms with Crippen LogP contribution in [0.2, 0.25) is 0 Å². The summed E-state index contributed by atoms with van der Waals surface area (Å²) in [5.41, 5.74) is 4.08. The van der Waals surface area contributed by atoms with Gasteiger partial charge in [0.05, 0.1) is 5.52 Å². The molecule has 134 valence electrons. The van der Waals surface area contributed by atoms with Gasteiger partial charge in [0.1, 0.15) is 11.4 Å². The van der Waals surface area contributed by atoms with E-state index in [9.17, 15) is 9.18 Å². The summed E-state index contributed by atoms with van der Waals surface area (Å²) in [6.45, 7) is 0. The number of fused-ring (bicyclic) bond motifs is 2. The van der Waals surface area contributed by atoms with Crippen LogP contribution >= 0.6 is 0 Å². The van der Waals surface area contributed by atoms with Crippen molar-refractivity contribution in [2.24, 2.45) is 4.99 Å². The van der Waals surface area contributed by atoms with Gasteiger partial charge in [0.15, 0.2) is 5.58 Å². The van der Waals surface area contributed by atoms with Crippen molar-refractivity contribution in [2.75, 3.05) is 0 Å². The Hall–Kier alpha value is -3.21. The molecule has 2 aliphatic rings. The average molecular weight is 360 g/mol. The van der Waals surface area contributed by atoms with Gasteiger partial charge in [-0.1, -0.05) is 42.0 Å². The van der Waals surface area contributed by atoms with E-state index in [0.717, 1.165) is 12.8 Å². The molecule has 3 aromatic rings. The summed E-state index contributed by atoms with van der Waals surface area (Å²) < 4.78 is 20.1. The number of H-pyrrole nitrogens is 1. The molecular formula is C22H17FN2O2. The van der Waals surface area contributed by atoms with Crippen LogP contribution in [0.4, 0.5) is 4.39 Å². The molecule has 2 heterocycles. The molecule has 0 bridgehead atoms. The fourth-order valence-corrected chi connectivity index (χ4v) is 4.06. The normalized spacial score (nSPS) is 20.9. The van der Waals surface area contributed by atoms with Crippen LogP contribution in [-0.4, -0.2) is 11.2 Å². The average Bonchev–Trinajstić information content (AvgIpc) is 3.27. The highest BCUT2D eigenvalue weighted by atomic mass is 19.1. The number of hydrogen-bond acceptors (Lipinski definition) is 3. The summed E-state index contributed by atoms with van der Waals surface area (Å²) in [5, 5.41) is 0. The van der Waals surface area contributed by atoms with E-state index in [0.29, 0.717) is 23.1 Å². The molecule has 0 radical (unpaired) electrons. The lowest BCUT2D eigenvalue weighted by molar-refractivity contribution is 0.505. The predicted molar refractivity (Wildman–Crippen MR) is 103 cm³/mol. The quantitative estimate of drug-likeness (QED) is 0.747. The third-order valence-corrected chi connectivity index (χ3v) is 5.36. The highest BCUT2D eigenvalue weighted by Gasteiger charge is 2.35. The monoisotopic (exact) mass is 360 g/mol. The molecule has 1 aliphatic heterocycles. The molecule has 2 aromatic carbocycles. The zero-order valence-corrected chi connectivity index (χ0v) is 14.5. The lowest BCUT2D eigenvalue weighted by Gasteiger charge is -2.28. The number of allylic oxidation sites excluding steroid dienone is 1. The molecule has 0 saturated heterocycles. The number of hydrogen-bond donors (Lipinski definition) is 1. The fourth-order valence-electron chi connectivity index (χ4n) is 4.06. The van der Waals surface area contributed by atoms with Gasteiger partial charge in [0.2, 0.25) is 0 Å². The summed E-state index contributed by atoms with van der Waals surface area (Å²) in [6.07, 6.45) is 10.1. The zero-order valence-electron chi connectivity index (χ0n) is 14.5. The zero-order chi connectivity index (χ0) is 18.4. The maximum absolute atomic E-state index is 14.9. The molecule has 0 amide bonds. The maximum Gasteiger partial charge on any atom is 0.417 e. The minimum Gasteiger partial charge on any atom is -0.408 e. The minimum atomic E-state index is -0.813. The third-order valence-electron chi connectivity index (χ3n) is 5.36. The van der Waals surface area contributed by atoms with Crippen molar-refractivity contribution >= 4 is 23.4 Å².